The lowest BCUT2D eigenvalue weighted by Gasteiger charge is -2.32. The molecule has 2 aliphatic rings. The van der Waals surface area contributed by atoms with Gasteiger partial charge >= 0.3 is 12.0 Å². The van der Waals surface area contributed by atoms with Crippen LogP contribution >= 0.6 is 0 Å². The SMILES string of the molecule is CCOC(=O)[C@H]1c2cccc(-c3ccc(F)cc3)c2[C@@H]2CN1C(=O)N2OCc1ccccc1. The van der Waals surface area contributed by atoms with Gasteiger partial charge in [0.05, 0.1) is 13.2 Å². The molecule has 7 heteroatoms. The van der Waals surface area contributed by atoms with Gasteiger partial charge in [0.1, 0.15) is 18.5 Å². The fourth-order valence-electron chi connectivity index (χ4n) is 4.60. The Morgan fingerprint density at radius 3 is 2.52 bits per heavy atom. The van der Waals surface area contributed by atoms with Crippen molar-refractivity contribution in [3.63, 3.8) is 0 Å². The van der Waals surface area contributed by atoms with Gasteiger partial charge in [-0.25, -0.2) is 14.0 Å². The summed E-state index contributed by atoms with van der Waals surface area (Å²) in [5, 5.41) is 1.36. The first-order valence-electron chi connectivity index (χ1n) is 10.9. The second-order valence-corrected chi connectivity index (χ2v) is 8.01. The first-order chi connectivity index (χ1) is 16.1. The third-order valence-electron chi connectivity index (χ3n) is 6.04. The number of hydrogen-bond donors (Lipinski definition) is 0. The quantitative estimate of drug-likeness (QED) is 0.499. The number of nitrogens with zero attached hydrogens (tertiary/aromatic N) is 2. The fourth-order valence-corrected chi connectivity index (χ4v) is 4.60. The minimum absolute atomic E-state index is 0.210. The van der Waals surface area contributed by atoms with Crippen LogP contribution in [0.2, 0.25) is 0 Å². The normalized spacial score (nSPS) is 18.9. The van der Waals surface area contributed by atoms with Crippen LogP contribution in [0.1, 0.15) is 35.7 Å². The Morgan fingerprint density at radius 2 is 1.79 bits per heavy atom. The Hall–Kier alpha value is -3.71. The second kappa shape index (κ2) is 8.67. The summed E-state index contributed by atoms with van der Waals surface area (Å²) in [6, 6.07) is 19.7. The van der Waals surface area contributed by atoms with E-state index in [2.05, 4.69) is 0 Å². The van der Waals surface area contributed by atoms with E-state index in [9.17, 15) is 14.0 Å². The van der Waals surface area contributed by atoms with E-state index in [0.29, 0.717) is 12.1 Å². The molecule has 0 saturated carbocycles. The molecule has 2 amide bonds. The van der Waals surface area contributed by atoms with E-state index in [1.807, 2.05) is 48.5 Å². The summed E-state index contributed by atoms with van der Waals surface area (Å²) in [5.41, 5.74) is 4.07. The van der Waals surface area contributed by atoms with Crippen LogP contribution in [0.25, 0.3) is 11.1 Å². The second-order valence-electron chi connectivity index (χ2n) is 8.01. The summed E-state index contributed by atoms with van der Waals surface area (Å²) < 4.78 is 18.9. The molecular formula is C26H23FN2O4. The standard InChI is InChI=1S/C26H23FN2O4/c1-2-32-25(30)24-21-10-6-9-20(18-11-13-19(27)14-12-18)23(21)22-15-28(24)26(31)29(22)33-16-17-7-4-3-5-8-17/h3-14,22,24H,2,15-16H2,1H3/t22-,24+/m0/s1. The summed E-state index contributed by atoms with van der Waals surface area (Å²) >= 11 is 0. The van der Waals surface area contributed by atoms with E-state index in [4.69, 9.17) is 9.57 Å². The molecule has 0 spiro atoms. The predicted octanol–water partition coefficient (Wildman–Crippen LogP) is 5.02. The number of amides is 2. The average Bonchev–Trinajstić information content (AvgIpc) is 3.10. The molecule has 2 heterocycles. The zero-order chi connectivity index (χ0) is 22.9. The van der Waals surface area contributed by atoms with Gasteiger partial charge in [0.2, 0.25) is 0 Å². The molecule has 1 saturated heterocycles. The number of ether oxygens (including phenoxy) is 1. The summed E-state index contributed by atoms with van der Waals surface area (Å²) in [6.45, 7) is 2.46. The Kier molecular flexibility index (Phi) is 5.56. The number of esters is 1. The highest BCUT2D eigenvalue weighted by atomic mass is 19.1. The zero-order valence-electron chi connectivity index (χ0n) is 18.1. The van der Waals surface area contributed by atoms with E-state index in [-0.39, 0.29) is 25.1 Å². The molecule has 3 aromatic carbocycles. The molecule has 2 aliphatic heterocycles. The summed E-state index contributed by atoms with van der Waals surface area (Å²) in [5.74, 6) is -0.810. The molecule has 0 radical (unpaired) electrons. The molecule has 1 fully saturated rings. The van der Waals surface area contributed by atoms with Crippen LogP contribution in [-0.2, 0) is 21.0 Å². The zero-order valence-corrected chi connectivity index (χ0v) is 18.1. The average molecular weight is 446 g/mol. The van der Waals surface area contributed by atoms with Gasteiger partial charge < -0.3 is 9.64 Å². The summed E-state index contributed by atoms with van der Waals surface area (Å²) in [4.78, 5) is 33.8. The van der Waals surface area contributed by atoms with E-state index in [1.54, 1.807) is 19.1 Å². The Bertz CT molecular complexity index is 1180. The summed E-state index contributed by atoms with van der Waals surface area (Å²) in [7, 11) is 0. The topological polar surface area (TPSA) is 59.1 Å². The van der Waals surface area contributed by atoms with Gasteiger partial charge in [0.15, 0.2) is 6.04 Å². The highest BCUT2D eigenvalue weighted by molar-refractivity contribution is 5.90. The van der Waals surface area contributed by atoms with E-state index < -0.39 is 18.1 Å². The van der Waals surface area contributed by atoms with Crippen molar-refractivity contribution in [3.8, 4) is 11.1 Å². The smallest absolute Gasteiger partial charge is 0.345 e. The number of urea groups is 1. The molecule has 0 aliphatic carbocycles. The number of hydrogen-bond acceptors (Lipinski definition) is 4. The monoisotopic (exact) mass is 446 g/mol. The maximum Gasteiger partial charge on any atom is 0.345 e. The van der Waals surface area contributed by atoms with Gasteiger partial charge in [0.25, 0.3) is 0 Å². The van der Waals surface area contributed by atoms with Crippen LogP contribution in [-0.4, -0.2) is 35.1 Å². The third-order valence-corrected chi connectivity index (χ3v) is 6.04. The number of rotatable bonds is 6. The van der Waals surface area contributed by atoms with Crippen molar-refractivity contribution in [2.45, 2.75) is 25.6 Å². The van der Waals surface area contributed by atoms with Gasteiger partial charge in [-0.15, -0.1) is 0 Å². The molecular weight excluding hydrogens is 423 g/mol. The summed E-state index contributed by atoms with van der Waals surface area (Å²) in [6.07, 6.45) is 0. The van der Waals surface area contributed by atoms with Crippen molar-refractivity contribution < 1.29 is 23.6 Å². The molecule has 2 bridgehead atoms. The third kappa shape index (κ3) is 3.74. The van der Waals surface area contributed by atoms with Crippen molar-refractivity contribution >= 4 is 12.0 Å². The Morgan fingerprint density at radius 1 is 1.03 bits per heavy atom. The number of carbonyl (C=O) groups is 2. The van der Waals surface area contributed by atoms with Crippen molar-refractivity contribution in [1.82, 2.24) is 9.96 Å². The number of benzene rings is 3. The van der Waals surface area contributed by atoms with Crippen LogP contribution in [0.5, 0.6) is 0 Å². The minimum atomic E-state index is -0.866. The lowest BCUT2D eigenvalue weighted by atomic mass is 9.85. The first kappa shape index (κ1) is 21.2. The number of halogens is 1. The lowest BCUT2D eigenvalue weighted by molar-refractivity contribution is -0.149. The molecule has 0 unspecified atom stereocenters. The van der Waals surface area contributed by atoms with Gasteiger partial charge in [-0.05, 0) is 46.9 Å². The number of hydroxylamine groups is 2. The van der Waals surface area contributed by atoms with Gasteiger partial charge in [0, 0.05) is 0 Å². The van der Waals surface area contributed by atoms with Gasteiger partial charge in [-0.3, -0.25) is 4.84 Å². The van der Waals surface area contributed by atoms with Crippen LogP contribution < -0.4 is 0 Å². The maximum absolute atomic E-state index is 13.6. The van der Waals surface area contributed by atoms with Crippen molar-refractivity contribution in [3.05, 3.63) is 95.3 Å². The first-order valence-corrected chi connectivity index (χ1v) is 10.9. The molecule has 168 valence electrons. The van der Waals surface area contributed by atoms with Gasteiger partial charge in [-0.1, -0.05) is 60.7 Å². The number of fused-ring (bicyclic) bond motifs is 4. The Labute approximate surface area is 191 Å². The molecule has 0 aromatic heterocycles. The van der Waals surface area contributed by atoms with E-state index in [0.717, 1.165) is 22.3 Å². The van der Waals surface area contributed by atoms with Gasteiger partial charge in [-0.2, -0.15) is 5.06 Å². The molecule has 6 nitrogen and oxygen atoms in total. The van der Waals surface area contributed by atoms with Crippen LogP contribution in [0.15, 0.2) is 72.8 Å². The van der Waals surface area contributed by atoms with Crippen LogP contribution in [0.4, 0.5) is 9.18 Å². The minimum Gasteiger partial charge on any atom is -0.464 e. The maximum atomic E-state index is 13.6. The molecule has 0 N–H and O–H groups in total. The van der Waals surface area contributed by atoms with Crippen LogP contribution in [0.3, 0.4) is 0 Å². The fraction of sp³-hybridized carbons (Fsp3) is 0.231. The Balaban J connectivity index is 1.59. The lowest BCUT2D eigenvalue weighted by Crippen LogP contribution is -2.39. The molecule has 3 aromatic rings. The molecule has 33 heavy (non-hydrogen) atoms. The highest BCUT2D eigenvalue weighted by Gasteiger charge is 2.52. The van der Waals surface area contributed by atoms with Crippen molar-refractivity contribution in [1.29, 1.82) is 0 Å². The van der Waals surface area contributed by atoms with E-state index in [1.165, 1.54) is 22.1 Å². The van der Waals surface area contributed by atoms with E-state index >= 15 is 0 Å². The van der Waals surface area contributed by atoms with Crippen molar-refractivity contribution in [2.24, 2.45) is 0 Å². The van der Waals surface area contributed by atoms with Crippen molar-refractivity contribution in [2.75, 3.05) is 13.2 Å². The predicted molar refractivity (Wildman–Crippen MR) is 119 cm³/mol. The van der Waals surface area contributed by atoms with Crippen LogP contribution in [0, 0.1) is 5.82 Å². The largest absolute Gasteiger partial charge is 0.464 e. The highest BCUT2D eigenvalue weighted by Crippen LogP contribution is 2.48. The number of carbonyl (C=O) groups excluding carboxylic acids is 2. The molecule has 2 atom stereocenters. The molecule has 5 rings (SSSR count).